The van der Waals surface area contributed by atoms with Gasteiger partial charge in [-0.05, 0) is 82.6 Å². The first-order valence-corrected chi connectivity index (χ1v) is 15.2. The molecule has 0 radical (unpaired) electrons. The zero-order valence-corrected chi connectivity index (χ0v) is 26.1. The van der Waals surface area contributed by atoms with Crippen molar-refractivity contribution in [2.24, 2.45) is 0 Å². The van der Waals surface area contributed by atoms with Crippen LogP contribution in [-0.2, 0) is 10.8 Å². The lowest BCUT2D eigenvalue weighted by atomic mass is 9.86. The summed E-state index contributed by atoms with van der Waals surface area (Å²) in [5.41, 5.74) is 6.84. The van der Waals surface area contributed by atoms with Gasteiger partial charge in [-0.25, -0.2) is 0 Å². The summed E-state index contributed by atoms with van der Waals surface area (Å²) in [6.07, 6.45) is 0. The Morgan fingerprint density at radius 2 is 0.750 bits per heavy atom. The van der Waals surface area contributed by atoms with Crippen molar-refractivity contribution in [1.29, 1.82) is 0 Å². The third kappa shape index (κ3) is 4.36. The van der Waals surface area contributed by atoms with Crippen molar-refractivity contribution in [1.82, 2.24) is 9.13 Å². The molecule has 0 spiro atoms. The van der Waals surface area contributed by atoms with E-state index in [1.807, 2.05) is 97.1 Å². The van der Waals surface area contributed by atoms with Gasteiger partial charge in [-0.2, -0.15) is 0 Å². The van der Waals surface area contributed by atoms with E-state index in [0.29, 0.717) is 32.6 Å². The van der Waals surface area contributed by atoms with Gasteiger partial charge in [0.25, 0.3) is 0 Å². The summed E-state index contributed by atoms with van der Waals surface area (Å²) in [5.74, 6) is 0. The second-order valence-corrected chi connectivity index (χ2v) is 13.9. The molecule has 218 valence electrons. The molecule has 7 aromatic rings. The molecule has 4 nitrogen and oxygen atoms in total. The van der Waals surface area contributed by atoms with E-state index in [1.165, 1.54) is 0 Å². The lowest BCUT2D eigenvalue weighted by Crippen LogP contribution is -2.17. The van der Waals surface area contributed by atoms with Crippen LogP contribution in [0.1, 0.15) is 52.7 Å². The third-order valence-electron chi connectivity index (χ3n) is 8.81. The lowest BCUT2D eigenvalue weighted by Gasteiger charge is -2.23. The highest BCUT2D eigenvalue weighted by Crippen LogP contribution is 2.33. The first-order valence-electron chi connectivity index (χ1n) is 15.2. The molecule has 0 aliphatic heterocycles. The fourth-order valence-electron chi connectivity index (χ4n) is 6.33. The number of aromatic nitrogens is 2. The number of pyridine rings is 2. The SMILES string of the molecule is CC(C)(C)c1ccc2c(c1)c(=O)c1cc3c(cc1n2-c1ccccc1)c(=O)c1cc(C(C)(C)C)ccc1n3-c1ccccc1. The molecule has 0 saturated heterocycles. The van der Waals surface area contributed by atoms with Gasteiger partial charge in [-0.15, -0.1) is 0 Å². The maximum Gasteiger partial charge on any atom is 0.197 e. The average Bonchev–Trinajstić information content (AvgIpc) is 3.01. The van der Waals surface area contributed by atoms with Gasteiger partial charge in [-0.3, -0.25) is 9.59 Å². The van der Waals surface area contributed by atoms with E-state index in [9.17, 15) is 9.59 Å². The van der Waals surface area contributed by atoms with Gasteiger partial charge in [0, 0.05) is 32.9 Å². The Bertz CT molecular complexity index is 2200. The van der Waals surface area contributed by atoms with Crippen LogP contribution in [0.15, 0.2) is 119 Å². The molecule has 0 aliphatic rings. The van der Waals surface area contributed by atoms with Gasteiger partial charge >= 0.3 is 0 Å². The molecule has 5 aromatic carbocycles. The van der Waals surface area contributed by atoms with Crippen LogP contribution in [0.4, 0.5) is 0 Å². The fraction of sp³-hybridized carbons (Fsp3) is 0.200. The van der Waals surface area contributed by atoms with Crippen molar-refractivity contribution in [3.63, 3.8) is 0 Å². The number of fused-ring (bicyclic) bond motifs is 4. The molecule has 0 N–H and O–H groups in total. The summed E-state index contributed by atoms with van der Waals surface area (Å²) in [7, 11) is 0. The Morgan fingerprint density at radius 1 is 0.409 bits per heavy atom. The standard InChI is InChI=1S/C40H36N2O2/c1-39(2,3)25-17-19-33-29(21-25)37(43)31-23-36-32(24-35(31)41(33)27-13-9-7-10-14-27)38(44)30-22-26(40(4,5)6)18-20-34(30)42(36)28-15-11-8-12-16-28/h7-24H,1-6H3. The average molecular weight is 577 g/mol. The van der Waals surface area contributed by atoms with Crippen molar-refractivity contribution in [3.8, 4) is 11.4 Å². The van der Waals surface area contributed by atoms with Crippen molar-refractivity contribution in [2.45, 2.75) is 52.4 Å². The Balaban J connectivity index is 1.73. The number of benzene rings is 5. The summed E-state index contributed by atoms with van der Waals surface area (Å²) in [6.45, 7) is 13.0. The molecule has 44 heavy (non-hydrogen) atoms. The van der Waals surface area contributed by atoms with Gasteiger partial charge in [0.1, 0.15) is 0 Å². The number of hydrogen-bond acceptors (Lipinski definition) is 2. The summed E-state index contributed by atoms with van der Waals surface area (Å²) < 4.78 is 4.25. The molecule has 2 heterocycles. The van der Waals surface area contributed by atoms with Crippen molar-refractivity contribution < 1.29 is 0 Å². The zero-order chi connectivity index (χ0) is 31.0. The fourth-order valence-corrected chi connectivity index (χ4v) is 6.33. The van der Waals surface area contributed by atoms with Gasteiger partial charge in [-0.1, -0.05) is 90.1 Å². The highest BCUT2D eigenvalue weighted by Gasteiger charge is 2.22. The van der Waals surface area contributed by atoms with Crippen molar-refractivity contribution >= 4 is 43.6 Å². The molecular weight excluding hydrogens is 540 g/mol. The number of para-hydroxylation sites is 2. The summed E-state index contributed by atoms with van der Waals surface area (Å²) in [5, 5.41) is 2.49. The maximum absolute atomic E-state index is 14.4. The van der Waals surface area contributed by atoms with E-state index in [0.717, 1.165) is 33.5 Å². The first kappa shape index (κ1) is 27.8. The monoisotopic (exact) mass is 576 g/mol. The van der Waals surface area contributed by atoms with Crippen LogP contribution in [0.25, 0.3) is 55.0 Å². The Hall–Kier alpha value is -4.96. The molecule has 0 bridgehead atoms. The second kappa shape index (κ2) is 9.78. The van der Waals surface area contributed by atoms with Crippen molar-refractivity contribution in [3.05, 3.63) is 141 Å². The van der Waals surface area contributed by atoms with Gasteiger partial charge in [0.05, 0.1) is 22.1 Å². The van der Waals surface area contributed by atoms with Crippen LogP contribution in [0.3, 0.4) is 0 Å². The van der Waals surface area contributed by atoms with Gasteiger partial charge < -0.3 is 9.13 Å². The molecule has 7 rings (SSSR count). The molecular formula is C40H36N2O2. The van der Waals surface area contributed by atoms with Gasteiger partial charge in [0.2, 0.25) is 0 Å². The van der Waals surface area contributed by atoms with E-state index >= 15 is 0 Å². The summed E-state index contributed by atoms with van der Waals surface area (Å²) in [6, 6.07) is 36.4. The summed E-state index contributed by atoms with van der Waals surface area (Å²) >= 11 is 0. The number of hydrogen-bond donors (Lipinski definition) is 0. The van der Waals surface area contributed by atoms with Crippen LogP contribution in [0.5, 0.6) is 0 Å². The quantitative estimate of drug-likeness (QED) is 0.193. The van der Waals surface area contributed by atoms with E-state index in [2.05, 4.69) is 62.8 Å². The Morgan fingerprint density at radius 3 is 1.09 bits per heavy atom. The van der Waals surface area contributed by atoms with Gasteiger partial charge in [0.15, 0.2) is 10.9 Å². The topological polar surface area (TPSA) is 44.0 Å². The van der Waals surface area contributed by atoms with E-state index in [-0.39, 0.29) is 21.7 Å². The highest BCUT2D eigenvalue weighted by atomic mass is 16.1. The Kier molecular flexibility index (Phi) is 6.19. The minimum absolute atomic E-state index is 0.0366. The minimum Gasteiger partial charge on any atom is -0.309 e. The maximum atomic E-state index is 14.4. The number of rotatable bonds is 2. The lowest BCUT2D eigenvalue weighted by molar-refractivity contribution is 0.591. The first-order chi connectivity index (χ1) is 20.9. The molecule has 0 fully saturated rings. The predicted molar refractivity (Wildman–Crippen MR) is 185 cm³/mol. The zero-order valence-electron chi connectivity index (χ0n) is 26.1. The molecule has 2 aromatic heterocycles. The molecule has 4 heteroatoms. The highest BCUT2D eigenvalue weighted by molar-refractivity contribution is 6.05. The smallest absolute Gasteiger partial charge is 0.197 e. The van der Waals surface area contributed by atoms with Crippen LogP contribution in [0.2, 0.25) is 0 Å². The molecule has 0 aliphatic carbocycles. The summed E-state index contributed by atoms with van der Waals surface area (Å²) in [4.78, 5) is 28.9. The van der Waals surface area contributed by atoms with Crippen molar-refractivity contribution in [2.75, 3.05) is 0 Å². The molecule has 0 atom stereocenters. The van der Waals surface area contributed by atoms with Crippen LogP contribution < -0.4 is 10.9 Å². The van der Waals surface area contributed by atoms with E-state index in [4.69, 9.17) is 0 Å². The number of nitrogens with zero attached hydrogens (tertiary/aromatic N) is 2. The minimum atomic E-state index is -0.116. The predicted octanol–water partition coefficient (Wildman–Crippen LogP) is 9.20. The van der Waals surface area contributed by atoms with Crippen LogP contribution in [-0.4, -0.2) is 9.13 Å². The Labute approximate surface area is 256 Å². The molecule has 0 unspecified atom stereocenters. The normalized spacial score (nSPS) is 12.5. The largest absolute Gasteiger partial charge is 0.309 e. The molecule has 0 amide bonds. The van der Waals surface area contributed by atoms with Crippen LogP contribution >= 0.6 is 0 Å². The van der Waals surface area contributed by atoms with Crippen LogP contribution in [0, 0.1) is 0 Å². The van der Waals surface area contributed by atoms with E-state index < -0.39 is 0 Å². The third-order valence-corrected chi connectivity index (χ3v) is 8.81. The molecule has 0 saturated carbocycles. The second-order valence-electron chi connectivity index (χ2n) is 13.9. The van der Waals surface area contributed by atoms with E-state index in [1.54, 1.807) is 0 Å².